The second kappa shape index (κ2) is 4.59. The van der Waals surface area contributed by atoms with Crippen LogP contribution in [0.15, 0.2) is 46.2 Å². The van der Waals surface area contributed by atoms with Crippen molar-refractivity contribution in [2.75, 3.05) is 0 Å². The summed E-state index contributed by atoms with van der Waals surface area (Å²) in [7, 11) is -3.80. The van der Waals surface area contributed by atoms with Gasteiger partial charge in [-0.3, -0.25) is 0 Å². The molecule has 0 unspecified atom stereocenters. The maximum absolute atomic E-state index is 12.5. The molecular formula is C14H14O4S. The van der Waals surface area contributed by atoms with Gasteiger partial charge < -0.3 is 10.2 Å². The Morgan fingerprint density at radius 2 is 1.53 bits per heavy atom. The van der Waals surface area contributed by atoms with Gasteiger partial charge in [0.2, 0.25) is 9.84 Å². The number of sulfone groups is 1. The van der Waals surface area contributed by atoms with Crippen LogP contribution >= 0.6 is 0 Å². The van der Waals surface area contributed by atoms with Crippen molar-refractivity contribution < 1.29 is 18.6 Å². The SMILES string of the molecule is Cc1ccccc1S(=O)(=O)c1ccc(O)c(C)c1O. The third-order valence-electron chi connectivity index (χ3n) is 3.04. The molecule has 0 saturated heterocycles. The van der Waals surface area contributed by atoms with Gasteiger partial charge in [-0.2, -0.15) is 0 Å². The molecule has 0 radical (unpaired) electrons. The van der Waals surface area contributed by atoms with Gasteiger partial charge in [0, 0.05) is 5.56 Å². The zero-order chi connectivity index (χ0) is 14.2. The van der Waals surface area contributed by atoms with Crippen molar-refractivity contribution in [3.05, 3.63) is 47.5 Å². The van der Waals surface area contributed by atoms with E-state index in [-0.39, 0.29) is 21.1 Å². The molecule has 0 aliphatic rings. The third-order valence-corrected chi connectivity index (χ3v) is 4.98. The van der Waals surface area contributed by atoms with Crippen molar-refractivity contribution in [2.45, 2.75) is 23.6 Å². The van der Waals surface area contributed by atoms with Crippen LogP contribution in [0.25, 0.3) is 0 Å². The quantitative estimate of drug-likeness (QED) is 0.885. The summed E-state index contributed by atoms with van der Waals surface area (Å²) in [6.45, 7) is 3.15. The Hall–Kier alpha value is -2.01. The summed E-state index contributed by atoms with van der Waals surface area (Å²) >= 11 is 0. The Bertz CT molecular complexity index is 733. The average molecular weight is 278 g/mol. The average Bonchev–Trinajstić information content (AvgIpc) is 2.36. The fourth-order valence-electron chi connectivity index (χ4n) is 1.86. The summed E-state index contributed by atoms with van der Waals surface area (Å²) < 4.78 is 25.0. The smallest absolute Gasteiger partial charge is 0.210 e. The predicted octanol–water partition coefficient (Wildman–Crippen LogP) is 2.55. The summed E-state index contributed by atoms with van der Waals surface area (Å²) in [5.41, 5.74) is 0.752. The molecule has 4 nitrogen and oxygen atoms in total. The van der Waals surface area contributed by atoms with Crippen LogP contribution in [0.3, 0.4) is 0 Å². The first-order valence-corrected chi connectivity index (χ1v) is 7.16. The van der Waals surface area contributed by atoms with Gasteiger partial charge in [0.05, 0.1) is 4.90 Å². The number of phenols is 2. The van der Waals surface area contributed by atoms with Crippen molar-refractivity contribution in [2.24, 2.45) is 0 Å². The van der Waals surface area contributed by atoms with Crippen LogP contribution in [0, 0.1) is 13.8 Å². The van der Waals surface area contributed by atoms with E-state index in [0.29, 0.717) is 5.56 Å². The lowest BCUT2D eigenvalue weighted by Crippen LogP contribution is -2.05. The molecule has 0 atom stereocenters. The number of phenolic OH excluding ortho intramolecular Hbond substituents is 2. The summed E-state index contributed by atoms with van der Waals surface area (Å²) in [5, 5.41) is 19.4. The highest BCUT2D eigenvalue weighted by Crippen LogP contribution is 2.36. The van der Waals surface area contributed by atoms with Crippen LogP contribution < -0.4 is 0 Å². The molecule has 0 aliphatic heterocycles. The lowest BCUT2D eigenvalue weighted by Gasteiger charge is -2.11. The van der Waals surface area contributed by atoms with Crippen molar-refractivity contribution >= 4 is 9.84 Å². The molecule has 19 heavy (non-hydrogen) atoms. The number of hydrogen-bond donors (Lipinski definition) is 2. The molecule has 5 heteroatoms. The molecule has 2 rings (SSSR count). The van der Waals surface area contributed by atoms with Gasteiger partial charge >= 0.3 is 0 Å². The summed E-state index contributed by atoms with van der Waals surface area (Å²) in [5.74, 6) is -0.551. The van der Waals surface area contributed by atoms with Gasteiger partial charge in [-0.25, -0.2) is 8.42 Å². The van der Waals surface area contributed by atoms with E-state index in [4.69, 9.17) is 0 Å². The van der Waals surface area contributed by atoms with Gasteiger partial charge in [-0.05, 0) is 37.6 Å². The normalized spacial score (nSPS) is 11.5. The highest BCUT2D eigenvalue weighted by atomic mass is 32.2. The Kier molecular flexibility index (Phi) is 3.24. The van der Waals surface area contributed by atoms with Crippen LogP contribution in [0.2, 0.25) is 0 Å². The van der Waals surface area contributed by atoms with E-state index in [1.165, 1.54) is 25.1 Å². The van der Waals surface area contributed by atoms with Crippen LogP contribution in [-0.2, 0) is 9.84 Å². The molecule has 100 valence electrons. The van der Waals surface area contributed by atoms with Crippen molar-refractivity contribution in [3.63, 3.8) is 0 Å². The fraction of sp³-hybridized carbons (Fsp3) is 0.143. The highest BCUT2D eigenvalue weighted by Gasteiger charge is 2.24. The first kappa shape index (κ1) is 13.4. The first-order valence-electron chi connectivity index (χ1n) is 5.68. The number of hydrogen-bond acceptors (Lipinski definition) is 4. The van der Waals surface area contributed by atoms with Gasteiger partial charge in [-0.15, -0.1) is 0 Å². The minimum absolute atomic E-state index is 0.138. The molecule has 0 heterocycles. The van der Waals surface area contributed by atoms with Crippen molar-refractivity contribution in [1.82, 2.24) is 0 Å². The van der Waals surface area contributed by atoms with Gasteiger partial charge in [0.15, 0.2) is 0 Å². The Morgan fingerprint density at radius 1 is 0.895 bits per heavy atom. The first-order chi connectivity index (χ1) is 8.85. The van der Waals surface area contributed by atoms with E-state index in [0.717, 1.165) is 0 Å². The number of rotatable bonds is 2. The molecular weight excluding hydrogens is 264 g/mol. The van der Waals surface area contributed by atoms with Crippen LogP contribution in [-0.4, -0.2) is 18.6 Å². The maximum Gasteiger partial charge on any atom is 0.210 e. The topological polar surface area (TPSA) is 74.6 Å². The van der Waals surface area contributed by atoms with Crippen molar-refractivity contribution in [3.8, 4) is 11.5 Å². The van der Waals surface area contributed by atoms with Gasteiger partial charge in [0.25, 0.3) is 0 Å². The lowest BCUT2D eigenvalue weighted by molar-refractivity contribution is 0.432. The maximum atomic E-state index is 12.5. The minimum atomic E-state index is -3.80. The molecule has 2 N–H and O–H groups in total. The van der Waals surface area contributed by atoms with Crippen LogP contribution in [0.5, 0.6) is 11.5 Å². The summed E-state index contributed by atoms with van der Waals surface area (Å²) in [6.07, 6.45) is 0. The van der Waals surface area contributed by atoms with E-state index >= 15 is 0 Å². The molecule has 0 aromatic heterocycles. The largest absolute Gasteiger partial charge is 0.508 e. The van der Waals surface area contributed by atoms with Crippen molar-refractivity contribution in [1.29, 1.82) is 0 Å². The van der Waals surface area contributed by atoms with E-state index in [9.17, 15) is 18.6 Å². The Morgan fingerprint density at radius 3 is 2.16 bits per heavy atom. The Balaban J connectivity index is 2.72. The number of aromatic hydroxyl groups is 2. The van der Waals surface area contributed by atoms with Gasteiger partial charge in [0.1, 0.15) is 16.4 Å². The predicted molar refractivity (Wildman–Crippen MR) is 71.1 cm³/mol. The third kappa shape index (κ3) is 2.17. The summed E-state index contributed by atoms with van der Waals surface area (Å²) in [4.78, 5) is -0.0486. The van der Waals surface area contributed by atoms with E-state index in [1.54, 1.807) is 25.1 Å². The molecule has 0 fully saturated rings. The second-order valence-electron chi connectivity index (χ2n) is 4.33. The van der Waals surface area contributed by atoms with Gasteiger partial charge in [-0.1, -0.05) is 18.2 Å². The number of aryl methyl sites for hydroxylation is 1. The molecule has 2 aromatic carbocycles. The highest BCUT2D eigenvalue weighted by molar-refractivity contribution is 7.91. The minimum Gasteiger partial charge on any atom is -0.508 e. The summed E-state index contributed by atoms with van der Waals surface area (Å²) in [6, 6.07) is 9.03. The van der Waals surface area contributed by atoms with E-state index < -0.39 is 15.6 Å². The van der Waals surface area contributed by atoms with Crippen LogP contribution in [0.1, 0.15) is 11.1 Å². The standard InChI is InChI=1S/C14H14O4S/c1-9-5-3-4-6-12(9)19(17,18)13-8-7-11(15)10(2)14(13)16/h3-8,15-16H,1-2H3. The lowest BCUT2D eigenvalue weighted by atomic mass is 10.2. The molecule has 0 bridgehead atoms. The molecule has 0 amide bonds. The monoisotopic (exact) mass is 278 g/mol. The zero-order valence-electron chi connectivity index (χ0n) is 10.6. The zero-order valence-corrected chi connectivity index (χ0v) is 11.4. The molecule has 0 saturated carbocycles. The fourth-order valence-corrected chi connectivity index (χ4v) is 3.50. The van der Waals surface area contributed by atoms with Crippen LogP contribution in [0.4, 0.5) is 0 Å². The van der Waals surface area contributed by atoms with E-state index in [2.05, 4.69) is 0 Å². The Labute approximate surface area is 111 Å². The number of benzene rings is 2. The molecule has 0 aliphatic carbocycles. The molecule has 2 aromatic rings. The van der Waals surface area contributed by atoms with E-state index in [1.807, 2.05) is 0 Å². The second-order valence-corrected chi connectivity index (χ2v) is 6.21. The molecule has 0 spiro atoms.